The van der Waals surface area contributed by atoms with E-state index in [-0.39, 0.29) is 6.10 Å². The van der Waals surface area contributed by atoms with Gasteiger partial charge in [0.1, 0.15) is 11.9 Å². The number of fused-ring (bicyclic) bond motifs is 13. The van der Waals surface area contributed by atoms with E-state index in [9.17, 15) is 0 Å². The highest BCUT2D eigenvalue weighted by molar-refractivity contribution is 6.25. The number of nitrogens with zero attached hydrogens (tertiary/aromatic N) is 4. The molecule has 2 unspecified atom stereocenters. The van der Waals surface area contributed by atoms with E-state index < -0.39 is 5.41 Å². The van der Waals surface area contributed by atoms with E-state index in [2.05, 4.69) is 181 Å². The van der Waals surface area contributed by atoms with E-state index in [0.29, 0.717) is 17.6 Å². The van der Waals surface area contributed by atoms with Crippen molar-refractivity contribution in [2.24, 2.45) is 0 Å². The Kier molecular flexibility index (Phi) is 7.73. The van der Waals surface area contributed by atoms with Crippen molar-refractivity contribution in [3.8, 4) is 45.6 Å². The van der Waals surface area contributed by atoms with Gasteiger partial charge in [0.05, 0.1) is 16.6 Å². The van der Waals surface area contributed by atoms with Crippen molar-refractivity contribution in [3.63, 3.8) is 0 Å². The van der Waals surface area contributed by atoms with Gasteiger partial charge in [-0.2, -0.15) is 9.97 Å². The molecule has 3 heterocycles. The molecule has 5 nitrogen and oxygen atoms in total. The van der Waals surface area contributed by atoms with E-state index in [1.54, 1.807) is 0 Å². The lowest BCUT2D eigenvalue weighted by molar-refractivity contribution is 0.183. The molecule has 0 radical (unpaired) electrons. The van der Waals surface area contributed by atoms with Gasteiger partial charge >= 0.3 is 0 Å². The molecule has 0 fully saturated rings. The fourth-order valence-electron chi connectivity index (χ4n) is 10.3. The third-order valence-corrected chi connectivity index (χ3v) is 13.3. The van der Waals surface area contributed by atoms with Gasteiger partial charge in [-0.05, 0) is 74.1 Å². The zero-order chi connectivity index (χ0) is 41.6. The predicted molar refractivity (Wildman–Crippen MR) is 256 cm³/mol. The lowest BCUT2D eigenvalue weighted by atomic mass is 9.70. The topological polar surface area (TPSA) is 52.8 Å². The number of para-hydroxylation sites is 2. The molecule has 2 aromatic heterocycles. The quantitative estimate of drug-likeness (QED) is 0.163. The fraction of sp³-hybridized carbons (Fsp3) is 0.0517. The maximum Gasteiger partial charge on any atom is 0.238 e. The minimum absolute atomic E-state index is 0.272. The van der Waals surface area contributed by atoms with Crippen molar-refractivity contribution in [2.45, 2.75) is 18.4 Å². The summed E-state index contributed by atoms with van der Waals surface area (Å²) in [7, 11) is 0. The van der Waals surface area contributed by atoms with Crippen molar-refractivity contribution >= 4 is 48.8 Å². The van der Waals surface area contributed by atoms with Crippen LogP contribution < -0.4 is 4.74 Å². The van der Waals surface area contributed by atoms with Gasteiger partial charge in [0.2, 0.25) is 5.95 Å². The van der Waals surface area contributed by atoms with E-state index in [1.807, 2.05) is 36.4 Å². The average Bonchev–Trinajstić information content (AvgIpc) is 3.86. The predicted octanol–water partition coefficient (Wildman–Crippen LogP) is 14.1. The van der Waals surface area contributed by atoms with Gasteiger partial charge in [0.15, 0.2) is 11.6 Å². The maximum absolute atomic E-state index is 7.03. The van der Waals surface area contributed by atoms with E-state index in [0.717, 1.165) is 55.7 Å². The van der Waals surface area contributed by atoms with Gasteiger partial charge in [-0.3, -0.25) is 4.57 Å². The second kappa shape index (κ2) is 13.7. The van der Waals surface area contributed by atoms with Gasteiger partial charge < -0.3 is 4.74 Å². The van der Waals surface area contributed by atoms with Gasteiger partial charge in [0, 0.05) is 33.2 Å². The molecule has 11 aromatic rings. The maximum atomic E-state index is 7.03. The molecule has 0 spiro atoms. The Hall–Kier alpha value is -8.15. The normalized spacial score (nSPS) is 16.5. The Labute approximate surface area is 364 Å². The Morgan fingerprint density at radius 2 is 0.952 bits per heavy atom. The first-order valence-electron chi connectivity index (χ1n) is 21.5. The molecule has 1 aliphatic heterocycles. The molecule has 2 atom stereocenters. The minimum atomic E-state index is -0.446. The molecule has 9 aromatic carbocycles. The summed E-state index contributed by atoms with van der Waals surface area (Å²) in [5.74, 6) is 2.69. The van der Waals surface area contributed by atoms with Crippen LogP contribution in [0.4, 0.5) is 0 Å². The molecule has 0 amide bonds. The highest BCUT2D eigenvalue weighted by atomic mass is 16.5. The molecule has 5 heteroatoms. The van der Waals surface area contributed by atoms with Gasteiger partial charge in [0.25, 0.3) is 0 Å². The standard InChI is InChI=1S/C58H38N4O/c1-58-35-48(37-30-28-36(29-31-37)40-32-33-45-43-22-9-8-20-41(43)42-21-10-11-23-44(42)47(45)34-40)53-52(54(58)63-51-27-15-13-25-49(51)58)46-24-12-14-26-50(46)62(53)57-60-55(38-16-4-2-5-17-38)59-56(61-57)39-18-6-3-7-19-39/h2-35,54H,1H3. The van der Waals surface area contributed by atoms with Crippen LogP contribution in [0.25, 0.3) is 88.6 Å². The molecular formula is C58H38N4O. The molecule has 1 aliphatic carbocycles. The molecule has 0 saturated carbocycles. The van der Waals surface area contributed by atoms with Crippen molar-refractivity contribution in [2.75, 3.05) is 0 Å². The Bertz CT molecular complexity index is 3570. The summed E-state index contributed by atoms with van der Waals surface area (Å²) in [5.41, 5.74) is 10.3. The van der Waals surface area contributed by atoms with Gasteiger partial charge in [-0.15, -0.1) is 0 Å². The molecule has 0 N–H and O–H groups in total. The molecule has 63 heavy (non-hydrogen) atoms. The summed E-state index contributed by atoms with van der Waals surface area (Å²) in [6, 6.07) is 71.0. The number of hydrogen-bond acceptors (Lipinski definition) is 4. The van der Waals surface area contributed by atoms with Crippen molar-refractivity contribution < 1.29 is 4.74 Å². The van der Waals surface area contributed by atoms with Crippen LogP contribution in [0.1, 0.15) is 35.4 Å². The first-order chi connectivity index (χ1) is 31.1. The smallest absolute Gasteiger partial charge is 0.238 e. The van der Waals surface area contributed by atoms with Gasteiger partial charge in [-0.25, -0.2) is 4.98 Å². The fourth-order valence-corrected chi connectivity index (χ4v) is 10.3. The van der Waals surface area contributed by atoms with Crippen LogP contribution in [0, 0.1) is 0 Å². The molecule has 13 rings (SSSR count). The third-order valence-electron chi connectivity index (χ3n) is 13.3. The highest BCUT2D eigenvalue weighted by Gasteiger charge is 2.50. The summed E-state index contributed by atoms with van der Waals surface area (Å²) >= 11 is 0. The van der Waals surface area contributed by atoms with E-state index in [1.165, 1.54) is 43.4 Å². The monoisotopic (exact) mass is 806 g/mol. The lowest BCUT2D eigenvalue weighted by Gasteiger charge is -2.34. The number of rotatable bonds is 5. The first-order valence-corrected chi connectivity index (χ1v) is 21.5. The Morgan fingerprint density at radius 1 is 0.444 bits per heavy atom. The highest BCUT2D eigenvalue weighted by Crippen LogP contribution is 2.59. The molecular weight excluding hydrogens is 769 g/mol. The summed E-state index contributed by atoms with van der Waals surface area (Å²) in [6.45, 7) is 2.32. The summed E-state index contributed by atoms with van der Waals surface area (Å²) in [5, 5.41) is 8.74. The second-order valence-corrected chi connectivity index (χ2v) is 16.9. The van der Waals surface area contributed by atoms with Crippen LogP contribution in [0.5, 0.6) is 5.75 Å². The Morgan fingerprint density at radius 3 is 1.60 bits per heavy atom. The van der Waals surface area contributed by atoms with Crippen LogP contribution in [-0.2, 0) is 5.41 Å². The Balaban J connectivity index is 1.03. The van der Waals surface area contributed by atoms with Crippen molar-refractivity contribution in [3.05, 3.63) is 229 Å². The van der Waals surface area contributed by atoms with Crippen LogP contribution in [0.3, 0.4) is 0 Å². The lowest BCUT2D eigenvalue weighted by Crippen LogP contribution is -2.30. The summed E-state index contributed by atoms with van der Waals surface area (Å²) in [6.07, 6.45) is 2.16. The zero-order valence-corrected chi connectivity index (χ0v) is 34.4. The zero-order valence-electron chi connectivity index (χ0n) is 34.4. The second-order valence-electron chi connectivity index (χ2n) is 16.9. The summed E-state index contributed by atoms with van der Waals surface area (Å²) < 4.78 is 9.27. The largest absolute Gasteiger partial charge is 0.484 e. The number of ether oxygens (including phenoxy) is 1. The molecule has 0 bridgehead atoms. The van der Waals surface area contributed by atoms with Crippen LogP contribution in [-0.4, -0.2) is 19.5 Å². The number of hydrogen-bond donors (Lipinski definition) is 0. The van der Waals surface area contributed by atoms with Crippen molar-refractivity contribution in [1.82, 2.24) is 19.5 Å². The van der Waals surface area contributed by atoms with Crippen LogP contribution in [0.15, 0.2) is 206 Å². The molecule has 296 valence electrons. The van der Waals surface area contributed by atoms with Crippen molar-refractivity contribution in [1.29, 1.82) is 0 Å². The van der Waals surface area contributed by atoms with Crippen LogP contribution >= 0.6 is 0 Å². The van der Waals surface area contributed by atoms with Crippen LogP contribution in [0.2, 0.25) is 0 Å². The molecule has 0 saturated heterocycles. The SMILES string of the molecule is CC12C=C(c3ccc(-c4ccc5c6ccccc6c6ccccc6c5c4)cc3)c3c(c4ccccc4n3-c3nc(-c4ccccc4)nc(-c4ccccc4)n3)C1Oc1ccccc12. The minimum Gasteiger partial charge on any atom is -0.484 e. The number of benzene rings is 9. The number of aromatic nitrogens is 4. The molecule has 2 aliphatic rings. The first kappa shape index (κ1) is 35.6. The summed E-state index contributed by atoms with van der Waals surface area (Å²) in [4.78, 5) is 15.6. The van der Waals surface area contributed by atoms with E-state index >= 15 is 0 Å². The van der Waals surface area contributed by atoms with Gasteiger partial charge in [-0.1, -0.05) is 188 Å². The third kappa shape index (κ3) is 5.39. The van der Waals surface area contributed by atoms with E-state index in [4.69, 9.17) is 19.7 Å². The average molecular weight is 807 g/mol.